The van der Waals surface area contributed by atoms with Gasteiger partial charge in [-0.2, -0.15) is 0 Å². The van der Waals surface area contributed by atoms with E-state index in [2.05, 4.69) is 40.7 Å². The Kier molecular flexibility index (Phi) is 4.49. The third kappa shape index (κ3) is 4.21. The van der Waals surface area contributed by atoms with E-state index < -0.39 is 0 Å². The van der Waals surface area contributed by atoms with Crippen LogP contribution in [0, 0.1) is 0 Å². The first-order valence-electron chi connectivity index (χ1n) is 5.76. The Morgan fingerprint density at radius 3 is 2.71 bits per heavy atom. The topological polar surface area (TPSA) is 24.9 Å². The second-order valence-electron chi connectivity index (χ2n) is 3.81. The van der Waals surface area contributed by atoms with Crippen LogP contribution in [0.5, 0.6) is 0 Å². The van der Waals surface area contributed by atoms with E-state index in [4.69, 9.17) is 0 Å². The van der Waals surface area contributed by atoms with Crippen molar-refractivity contribution in [2.24, 2.45) is 0 Å². The lowest BCUT2D eigenvalue weighted by atomic mass is 10.2. The summed E-state index contributed by atoms with van der Waals surface area (Å²) in [5.74, 6) is 0. The Hall–Kier alpha value is -1.93. The molecular weight excluding hydrogens is 208 g/mol. The van der Waals surface area contributed by atoms with Gasteiger partial charge in [0, 0.05) is 25.5 Å². The van der Waals surface area contributed by atoms with Crippen molar-refractivity contribution < 1.29 is 0 Å². The molecule has 1 aromatic carbocycles. The van der Waals surface area contributed by atoms with E-state index >= 15 is 0 Å². The lowest BCUT2D eigenvalue weighted by Gasteiger charge is -2.00. The highest BCUT2D eigenvalue weighted by Crippen LogP contribution is 2.00. The molecule has 0 saturated heterocycles. The molecule has 17 heavy (non-hydrogen) atoms. The smallest absolute Gasteiger partial charge is 0.0312 e. The molecule has 0 atom stereocenters. The maximum atomic E-state index is 4.07. The highest BCUT2D eigenvalue weighted by atomic mass is 14.8. The first-order chi connectivity index (χ1) is 8.45. The van der Waals surface area contributed by atoms with Gasteiger partial charge in [-0.3, -0.25) is 4.98 Å². The molecule has 2 rings (SSSR count). The largest absolute Gasteiger partial charge is 0.309 e. The normalized spacial score (nSPS) is 10.8. The Morgan fingerprint density at radius 1 is 1.06 bits per heavy atom. The zero-order valence-corrected chi connectivity index (χ0v) is 9.71. The molecule has 2 nitrogen and oxygen atoms in total. The van der Waals surface area contributed by atoms with Gasteiger partial charge in [-0.15, -0.1) is 0 Å². The summed E-state index contributed by atoms with van der Waals surface area (Å²) in [6.45, 7) is 1.72. The highest BCUT2D eigenvalue weighted by molar-refractivity contribution is 5.48. The van der Waals surface area contributed by atoms with Crippen LogP contribution in [0.2, 0.25) is 0 Å². The average molecular weight is 224 g/mol. The molecule has 1 heterocycles. The van der Waals surface area contributed by atoms with Crippen LogP contribution in [0.1, 0.15) is 11.1 Å². The summed E-state index contributed by atoms with van der Waals surface area (Å²) in [4.78, 5) is 4.07. The van der Waals surface area contributed by atoms with Gasteiger partial charge in [-0.1, -0.05) is 48.6 Å². The lowest BCUT2D eigenvalue weighted by Crippen LogP contribution is -2.12. The fourth-order valence-electron chi connectivity index (χ4n) is 1.56. The Bertz CT molecular complexity index is 449. The van der Waals surface area contributed by atoms with Gasteiger partial charge in [-0.05, 0) is 17.2 Å². The second-order valence-corrected chi connectivity index (χ2v) is 3.81. The van der Waals surface area contributed by atoms with Gasteiger partial charge in [0.05, 0.1) is 0 Å². The first-order valence-corrected chi connectivity index (χ1v) is 5.76. The molecule has 1 aromatic heterocycles. The first kappa shape index (κ1) is 11.6. The van der Waals surface area contributed by atoms with E-state index in [1.807, 2.05) is 30.5 Å². The Morgan fingerprint density at radius 2 is 1.94 bits per heavy atom. The van der Waals surface area contributed by atoms with Crippen LogP contribution in [0.25, 0.3) is 6.08 Å². The predicted octanol–water partition coefficient (Wildman–Crippen LogP) is 2.88. The summed E-state index contributed by atoms with van der Waals surface area (Å²) in [6.07, 6.45) is 7.93. The van der Waals surface area contributed by atoms with Crippen molar-refractivity contribution in [3.63, 3.8) is 0 Å². The van der Waals surface area contributed by atoms with Crippen molar-refractivity contribution in [1.29, 1.82) is 0 Å². The minimum atomic E-state index is 0.854. The van der Waals surface area contributed by atoms with Crippen LogP contribution < -0.4 is 5.32 Å². The number of aromatic nitrogens is 1. The fourth-order valence-corrected chi connectivity index (χ4v) is 1.56. The molecule has 0 unspecified atom stereocenters. The molecule has 0 amide bonds. The SMILES string of the molecule is C(=Cc1ccccc1)CNCc1cccnc1. The van der Waals surface area contributed by atoms with Gasteiger partial charge in [0.15, 0.2) is 0 Å². The van der Waals surface area contributed by atoms with Crippen LogP contribution >= 0.6 is 0 Å². The number of hydrogen-bond acceptors (Lipinski definition) is 2. The minimum absolute atomic E-state index is 0.854. The van der Waals surface area contributed by atoms with Gasteiger partial charge in [0.2, 0.25) is 0 Å². The average Bonchev–Trinajstić information content (AvgIpc) is 2.41. The summed E-state index contributed by atoms with van der Waals surface area (Å²) in [5.41, 5.74) is 2.44. The number of hydrogen-bond donors (Lipinski definition) is 1. The van der Waals surface area contributed by atoms with Crippen LogP contribution in [0.4, 0.5) is 0 Å². The van der Waals surface area contributed by atoms with E-state index in [-0.39, 0.29) is 0 Å². The molecule has 2 aromatic rings. The van der Waals surface area contributed by atoms with E-state index in [9.17, 15) is 0 Å². The standard InChI is InChI=1S/C15H16N2/c1-2-6-14(7-3-1)8-4-10-16-12-15-9-5-11-17-13-15/h1-9,11,13,16H,10,12H2. The highest BCUT2D eigenvalue weighted by Gasteiger charge is 1.89. The molecule has 0 radical (unpaired) electrons. The molecule has 0 aliphatic heterocycles. The Balaban J connectivity index is 1.72. The number of rotatable bonds is 5. The van der Waals surface area contributed by atoms with Crippen molar-refractivity contribution in [3.8, 4) is 0 Å². The molecule has 0 aliphatic carbocycles. The third-order valence-corrected chi connectivity index (χ3v) is 2.42. The van der Waals surface area contributed by atoms with Crippen LogP contribution in [-0.2, 0) is 6.54 Å². The molecule has 0 spiro atoms. The zero-order chi connectivity index (χ0) is 11.8. The minimum Gasteiger partial charge on any atom is -0.309 e. The summed E-state index contributed by atoms with van der Waals surface area (Å²) in [6, 6.07) is 14.3. The number of benzene rings is 1. The lowest BCUT2D eigenvalue weighted by molar-refractivity contribution is 0.758. The summed E-state index contributed by atoms with van der Waals surface area (Å²) >= 11 is 0. The van der Waals surface area contributed by atoms with Gasteiger partial charge >= 0.3 is 0 Å². The molecule has 0 fully saturated rings. The second kappa shape index (κ2) is 6.61. The van der Waals surface area contributed by atoms with E-state index in [1.54, 1.807) is 6.20 Å². The number of nitrogens with one attached hydrogen (secondary N) is 1. The summed E-state index contributed by atoms with van der Waals surface area (Å²) in [7, 11) is 0. The van der Waals surface area contributed by atoms with Crippen molar-refractivity contribution in [3.05, 3.63) is 72.1 Å². The van der Waals surface area contributed by atoms with E-state index in [1.165, 1.54) is 11.1 Å². The van der Waals surface area contributed by atoms with Gasteiger partial charge in [-0.25, -0.2) is 0 Å². The Labute approximate surface area is 102 Å². The van der Waals surface area contributed by atoms with E-state index in [0.29, 0.717) is 0 Å². The molecule has 2 heteroatoms. The van der Waals surface area contributed by atoms with Gasteiger partial charge in [0.25, 0.3) is 0 Å². The van der Waals surface area contributed by atoms with Crippen LogP contribution in [0.15, 0.2) is 60.9 Å². The number of pyridine rings is 1. The molecular formula is C15H16N2. The third-order valence-electron chi connectivity index (χ3n) is 2.42. The quantitative estimate of drug-likeness (QED) is 0.790. The molecule has 86 valence electrons. The van der Waals surface area contributed by atoms with Crippen molar-refractivity contribution in [1.82, 2.24) is 10.3 Å². The van der Waals surface area contributed by atoms with Gasteiger partial charge < -0.3 is 5.32 Å². The van der Waals surface area contributed by atoms with Crippen LogP contribution in [0.3, 0.4) is 0 Å². The zero-order valence-electron chi connectivity index (χ0n) is 9.71. The molecule has 0 saturated carbocycles. The summed E-state index contributed by atoms with van der Waals surface area (Å²) in [5, 5.41) is 3.35. The maximum absolute atomic E-state index is 4.07. The van der Waals surface area contributed by atoms with Crippen LogP contribution in [-0.4, -0.2) is 11.5 Å². The molecule has 0 aliphatic rings. The predicted molar refractivity (Wildman–Crippen MR) is 71.4 cm³/mol. The summed E-state index contributed by atoms with van der Waals surface area (Å²) < 4.78 is 0. The van der Waals surface area contributed by atoms with Crippen molar-refractivity contribution in [2.75, 3.05) is 6.54 Å². The fraction of sp³-hybridized carbons (Fsp3) is 0.133. The molecule has 0 bridgehead atoms. The number of nitrogens with zero attached hydrogens (tertiary/aromatic N) is 1. The van der Waals surface area contributed by atoms with E-state index in [0.717, 1.165) is 13.1 Å². The van der Waals surface area contributed by atoms with Gasteiger partial charge in [0.1, 0.15) is 0 Å². The molecule has 1 N–H and O–H groups in total. The maximum Gasteiger partial charge on any atom is 0.0312 e. The van der Waals surface area contributed by atoms with Crippen molar-refractivity contribution in [2.45, 2.75) is 6.54 Å². The monoisotopic (exact) mass is 224 g/mol. The van der Waals surface area contributed by atoms with Crippen molar-refractivity contribution >= 4 is 6.08 Å².